The number of hydrogen-bond donors (Lipinski definition) is 2. The highest BCUT2D eigenvalue weighted by atomic mass is 31.2. The molecule has 0 aliphatic rings. The summed E-state index contributed by atoms with van der Waals surface area (Å²) < 4.78 is 26.1. The van der Waals surface area contributed by atoms with Gasteiger partial charge in [0.1, 0.15) is 12.6 Å². The summed E-state index contributed by atoms with van der Waals surface area (Å²) in [4.78, 5) is 22.7. The zero-order valence-corrected chi connectivity index (χ0v) is 13.1. The van der Waals surface area contributed by atoms with Gasteiger partial charge in [-0.05, 0) is 5.56 Å². The Hall–Kier alpha value is -1.89. The fourth-order valence-electron chi connectivity index (χ4n) is 1.54. The van der Waals surface area contributed by atoms with Crippen molar-refractivity contribution in [3.05, 3.63) is 35.9 Å². The Morgan fingerprint density at radius 1 is 1.23 bits per heavy atom. The van der Waals surface area contributed by atoms with Crippen molar-refractivity contribution in [2.75, 3.05) is 20.4 Å². The van der Waals surface area contributed by atoms with Crippen LogP contribution >= 0.6 is 7.60 Å². The van der Waals surface area contributed by atoms with Crippen LogP contribution in [0.1, 0.15) is 5.56 Å². The summed E-state index contributed by atoms with van der Waals surface area (Å²) >= 11 is 0. The fourth-order valence-corrected chi connectivity index (χ4v) is 2.68. The van der Waals surface area contributed by atoms with E-state index in [1.807, 2.05) is 6.07 Å². The first kappa shape index (κ1) is 18.2. The van der Waals surface area contributed by atoms with Gasteiger partial charge in [0, 0.05) is 14.2 Å². The number of carbonyl (C=O) groups is 2. The third kappa shape index (κ3) is 5.85. The van der Waals surface area contributed by atoms with Crippen molar-refractivity contribution in [1.29, 1.82) is 0 Å². The van der Waals surface area contributed by atoms with Crippen molar-refractivity contribution in [1.82, 2.24) is 5.32 Å². The number of rotatable bonds is 8. The molecule has 22 heavy (non-hydrogen) atoms. The van der Waals surface area contributed by atoms with Gasteiger partial charge in [0.05, 0.1) is 6.16 Å². The van der Waals surface area contributed by atoms with E-state index >= 15 is 0 Å². The van der Waals surface area contributed by atoms with Crippen molar-refractivity contribution >= 4 is 19.7 Å². The topological polar surface area (TPSA) is 111 Å². The number of carboxylic acid groups (broad SMARTS) is 1. The van der Waals surface area contributed by atoms with Gasteiger partial charge < -0.3 is 24.2 Å². The molecule has 0 aliphatic heterocycles. The number of aliphatic carboxylic acids is 1. The van der Waals surface area contributed by atoms with Crippen LogP contribution in [0.15, 0.2) is 30.3 Å². The molecule has 2 N–H and O–H groups in total. The molecule has 0 spiro atoms. The molecule has 0 bridgehead atoms. The predicted molar refractivity (Wildman–Crippen MR) is 77.7 cm³/mol. The SMILES string of the molecule is COP(=O)(C[C@@H](NC(=O)OCc1ccccc1)C(=O)O)OC. The van der Waals surface area contributed by atoms with Gasteiger partial charge in [0.15, 0.2) is 0 Å². The molecule has 1 aromatic carbocycles. The number of benzene rings is 1. The van der Waals surface area contributed by atoms with E-state index in [-0.39, 0.29) is 6.61 Å². The Labute approximate surface area is 127 Å². The molecular formula is C13H18NO7P. The average molecular weight is 331 g/mol. The lowest BCUT2D eigenvalue weighted by Gasteiger charge is -2.19. The number of nitrogens with one attached hydrogen (secondary N) is 1. The lowest BCUT2D eigenvalue weighted by Crippen LogP contribution is -2.43. The fraction of sp³-hybridized carbons (Fsp3) is 0.385. The number of amides is 1. The summed E-state index contributed by atoms with van der Waals surface area (Å²) in [5, 5.41) is 11.2. The Morgan fingerprint density at radius 2 is 1.82 bits per heavy atom. The molecule has 0 fully saturated rings. The minimum Gasteiger partial charge on any atom is -0.480 e. The second kappa shape index (κ2) is 8.53. The first-order chi connectivity index (χ1) is 10.4. The first-order valence-corrected chi connectivity index (χ1v) is 8.03. The van der Waals surface area contributed by atoms with Crippen molar-refractivity contribution in [3.8, 4) is 0 Å². The standard InChI is InChI=1S/C13H18NO7P/c1-19-22(18,20-2)9-11(12(15)16)14-13(17)21-8-10-6-4-3-5-7-10/h3-7,11H,8-9H2,1-2H3,(H,14,17)(H,15,16)/t11-/m1/s1. The van der Waals surface area contributed by atoms with Crippen molar-refractivity contribution in [2.45, 2.75) is 12.6 Å². The molecule has 1 amide bonds. The van der Waals surface area contributed by atoms with Crippen LogP contribution in [0.25, 0.3) is 0 Å². The van der Waals surface area contributed by atoms with E-state index in [1.54, 1.807) is 24.3 Å². The zero-order chi connectivity index (χ0) is 16.6. The van der Waals surface area contributed by atoms with E-state index in [2.05, 4.69) is 14.4 Å². The van der Waals surface area contributed by atoms with Gasteiger partial charge in [-0.1, -0.05) is 30.3 Å². The Balaban J connectivity index is 2.57. The normalized spacial score (nSPS) is 12.5. The van der Waals surface area contributed by atoms with Crippen molar-refractivity contribution < 1.29 is 33.0 Å². The monoisotopic (exact) mass is 331 g/mol. The average Bonchev–Trinajstić information content (AvgIpc) is 2.53. The summed E-state index contributed by atoms with van der Waals surface area (Å²) in [6.07, 6.45) is -1.44. The minimum absolute atomic E-state index is 0.00870. The van der Waals surface area contributed by atoms with Gasteiger partial charge in [-0.15, -0.1) is 0 Å². The molecule has 1 aromatic rings. The molecule has 0 unspecified atom stereocenters. The van der Waals surface area contributed by atoms with E-state index in [9.17, 15) is 14.2 Å². The molecule has 0 radical (unpaired) electrons. The highest BCUT2D eigenvalue weighted by Gasteiger charge is 2.32. The molecule has 1 atom stereocenters. The molecule has 0 aromatic heterocycles. The Bertz CT molecular complexity index is 541. The molecule has 8 nitrogen and oxygen atoms in total. The van der Waals surface area contributed by atoms with Crippen LogP contribution < -0.4 is 5.32 Å². The van der Waals surface area contributed by atoms with E-state index in [4.69, 9.17) is 9.84 Å². The molecule has 9 heteroatoms. The highest BCUT2D eigenvalue weighted by molar-refractivity contribution is 7.53. The molecule has 1 rings (SSSR count). The van der Waals surface area contributed by atoms with Crippen LogP contribution in [0.2, 0.25) is 0 Å². The molecule has 0 saturated heterocycles. The van der Waals surface area contributed by atoms with Gasteiger partial charge in [0.25, 0.3) is 0 Å². The lowest BCUT2D eigenvalue weighted by molar-refractivity contribution is -0.138. The van der Waals surface area contributed by atoms with Crippen LogP contribution in [0.3, 0.4) is 0 Å². The second-order valence-corrected chi connectivity index (χ2v) is 6.57. The van der Waals surface area contributed by atoms with E-state index in [0.29, 0.717) is 0 Å². The van der Waals surface area contributed by atoms with Crippen LogP contribution in [-0.2, 0) is 29.8 Å². The predicted octanol–water partition coefficient (Wildman–Crippen LogP) is 1.85. The summed E-state index contributed by atoms with van der Waals surface area (Å²) in [5.41, 5.74) is 0.754. The smallest absolute Gasteiger partial charge is 0.408 e. The van der Waals surface area contributed by atoms with Crippen molar-refractivity contribution in [3.63, 3.8) is 0 Å². The summed E-state index contributed by atoms with van der Waals surface area (Å²) in [7, 11) is -1.30. The van der Waals surface area contributed by atoms with Crippen LogP contribution in [0, 0.1) is 0 Å². The van der Waals surface area contributed by atoms with Gasteiger partial charge in [-0.2, -0.15) is 0 Å². The van der Waals surface area contributed by atoms with Crippen LogP contribution in [0.4, 0.5) is 4.79 Å². The van der Waals surface area contributed by atoms with E-state index < -0.39 is 31.9 Å². The van der Waals surface area contributed by atoms with Gasteiger partial charge in [-0.3, -0.25) is 4.57 Å². The Kier molecular flexibility index (Phi) is 7.04. The number of alkyl carbamates (subject to hydrolysis) is 1. The maximum absolute atomic E-state index is 11.9. The molecule has 0 heterocycles. The van der Waals surface area contributed by atoms with Crippen molar-refractivity contribution in [2.24, 2.45) is 0 Å². The van der Waals surface area contributed by atoms with Gasteiger partial charge in [-0.25, -0.2) is 9.59 Å². The largest absolute Gasteiger partial charge is 0.480 e. The summed E-state index contributed by atoms with van der Waals surface area (Å²) in [6, 6.07) is 7.44. The third-order valence-electron chi connectivity index (χ3n) is 2.77. The molecular weight excluding hydrogens is 313 g/mol. The molecule has 122 valence electrons. The van der Waals surface area contributed by atoms with E-state index in [0.717, 1.165) is 19.8 Å². The van der Waals surface area contributed by atoms with Crippen LogP contribution in [0.5, 0.6) is 0 Å². The maximum atomic E-state index is 11.9. The van der Waals surface area contributed by atoms with Crippen LogP contribution in [-0.4, -0.2) is 43.6 Å². The molecule has 0 saturated carbocycles. The third-order valence-corrected chi connectivity index (χ3v) is 4.69. The highest BCUT2D eigenvalue weighted by Crippen LogP contribution is 2.46. The van der Waals surface area contributed by atoms with Gasteiger partial charge in [0.2, 0.25) is 0 Å². The number of carboxylic acids is 1. The van der Waals surface area contributed by atoms with E-state index in [1.165, 1.54) is 0 Å². The lowest BCUT2D eigenvalue weighted by atomic mass is 10.2. The number of hydrogen-bond acceptors (Lipinski definition) is 6. The Morgan fingerprint density at radius 3 is 2.32 bits per heavy atom. The quantitative estimate of drug-likeness (QED) is 0.699. The zero-order valence-electron chi connectivity index (χ0n) is 12.2. The summed E-state index contributed by atoms with van der Waals surface area (Å²) in [5.74, 6) is -1.37. The van der Waals surface area contributed by atoms with Gasteiger partial charge >= 0.3 is 19.7 Å². The summed E-state index contributed by atoms with van der Waals surface area (Å²) in [6.45, 7) is -0.00870. The second-order valence-electron chi connectivity index (χ2n) is 4.26. The maximum Gasteiger partial charge on any atom is 0.408 e. The number of ether oxygens (including phenoxy) is 1. The minimum atomic E-state index is -3.58. The number of carbonyl (C=O) groups excluding carboxylic acids is 1. The molecule has 0 aliphatic carbocycles. The first-order valence-electron chi connectivity index (χ1n) is 6.30.